The SMILES string of the molecule is CC1CCN(C(=O)c2cc(F)cc(F)c2)CC1N. The van der Waals surface area contributed by atoms with Gasteiger partial charge in [-0.15, -0.1) is 0 Å². The van der Waals surface area contributed by atoms with Crippen LogP contribution in [0.2, 0.25) is 0 Å². The molecule has 2 atom stereocenters. The Morgan fingerprint density at radius 2 is 1.94 bits per heavy atom. The number of carbonyl (C=O) groups is 1. The number of piperidine rings is 1. The molecule has 2 N–H and O–H groups in total. The number of rotatable bonds is 1. The third-order valence-corrected chi connectivity index (χ3v) is 3.41. The maximum absolute atomic E-state index is 13.1. The quantitative estimate of drug-likeness (QED) is 0.830. The zero-order chi connectivity index (χ0) is 13.3. The molecule has 3 nitrogen and oxygen atoms in total. The number of hydrogen-bond donors (Lipinski definition) is 1. The van der Waals surface area contributed by atoms with E-state index >= 15 is 0 Å². The van der Waals surface area contributed by atoms with Gasteiger partial charge in [-0.05, 0) is 24.5 Å². The zero-order valence-corrected chi connectivity index (χ0v) is 10.2. The predicted octanol–water partition coefficient (Wildman–Crippen LogP) is 1.77. The first-order valence-electron chi connectivity index (χ1n) is 5.98. The Balaban J connectivity index is 2.16. The lowest BCUT2D eigenvalue weighted by molar-refractivity contribution is 0.0671. The van der Waals surface area contributed by atoms with Crippen molar-refractivity contribution in [1.29, 1.82) is 0 Å². The van der Waals surface area contributed by atoms with E-state index in [0.717, 1.165) is 24.6 Å². The highest BCUT2D eigenvalue weighted by molar-refractivity contribution is 5.94. The fourth-order valence-corrected chi connectivity index (χ4v) is 2.14. The summed E-state index contributed by atoms with van der Waals surface area (Å²) in [4.78, 5) is 13.6. The van der Waals surface area contributed by atoms with Gasteiger partial charge in [-0.2, -0.15) is 0 Å². The second-order valence-electron chi connectivity index (χ2n) is 4.84. The van der Waals surface area contributed by atoms with Crippen LogP contribution in [0.1, 0.15) is 23.7 Å². The molecule has 18 heavy (non-hydrogen) atoms. The average Bonchev–Trinajstić information content (AvgIpc) is 2.30. The minimum absolute atomic E-state index is 0.0363. The van der Waals surface area contributed by atoms with Gasteiger partial charge in [0.25, 0.3) is 5.91 Å². The van der Waals surface area contributed by atoms with E-state index in [-0.39, 0.29) is 17.5 Å². The summed E-state index contributed by atoms with van der Waals surface area (Å²) in [7, 11) is 0. The normalized spacial score (nSPS) is 24.1. The Morgan fingerprint density at radius 3 is 2.50 bits per heavy atom. The first kappa shape index (κ1) is 13.0. The van der Waals surface area contributed by atoms with E-state index in [1.54, 1.807) is 4.90 Å². The van der Waals surface area contributed by atoms with Crippen molar-refractivity contribution >= 4 is 5.91 Å². The van der Waals surface area contributed by atoms with Crippen molar-refractivity contribution in [2.24, 2.45) is 11.7 Å². The topological polar surface area (TPSA) is 46.3 Å². The number of nitrogens with zero attached hydrogens (tertiary/aromatic N) is 1. The predicted molar refractivity (Wildman–Crippen MR) is 64.0 cm³/mol. The largest absolute Gasteiger partial charge is 0.337 e. The third kappa shape index (κ3) is 2.67. The van der Waals surface area contributed by atoms with Gasteiger partial charge in [0, 0.05) is 30.8 Å². The van der Waals surface area contributed by atoms with Crippen molar-refractivity contribution in [3.05, 3.63) is 35.4 Å². The lowest BCUT2D eigenvalue weighted by Gasteiger charge is -2.35. The van der Waals surface area contributed by atoms with Crippen LogP contribution in [0.15, 0.2) is 18.2 Å². The summed E-state index contributed by atoms with van der Waals surface area (Å²) in [6, 6.07) is 2.77. The Kier molecular flexibility index (Phi) is 3.61. The Morgan fingerprint density at radius 1 is 1.33 bits per heavy atom. The fraction of sp³-hybridized carbons (Fsp3) is 0.462. The van der Waals surface area contributed by atoms with Gasteiger partial charge in [0.05, 0.1) is 0 Å². The van der Waals surface area contributed by atoms with Gasteiger partial charge < -0.3 is 10.6 Å². The highest BCUT2D eigenvalue weighted by atomic mass is 19.1. The van der Waals surface area contributed by atoms with Crippen LogP contribution in [0.4, 0.5) is 8.78 Å². The summed E-state index contributed by atoms with van der Waals surface area (Å²) in [6.45, 7) is 3.04. The highest BCUT2D eigenvalue weighted by Gasteiger charge is 2.27. The minimum atomic E-state index is -0.743. The summed E-state index contributed by atoms with van der Waals surface area (Å²) in [5.74, 6) is -1.49. The summed E-state index contributed by atoms with van der Waals surface area (Å²) in [5.41, 5.74) is 5.94. The van der Waals surface area contributed by atoms with E-state index < -0.39 is 11.6 Å². The number of nitrogens with two attached hydrogens (primary N) is 1. The molecule has 0 spiro atoms. The van der Waals surface area contributed by atoms with Crippen LogP contribution >= 0.6 is 0 Å². The van der Waals surface area contributed by atoms with Gasteiger partial charge in [0.2, 0.25) is 0 Å². The molecule has 2 rings (SSSR count). The second-order valence-corrected chi connectivity index (χ2v) is 4.84. The molecule has 0 aliphatic carbocycles. The van der Waals surface area contributed by atoms with Gasteiger partial charge in [-0.3, -0.25) is 4.79 Å². The Labute approximate surface area is 105 Å². The number of benzene rings is 1. The number of halogens is 2. The van der Waals surface area contributed by atoms with E-state index in [0.29, 0.717) is 19.0 Å². The minimum Gasteiger partial charge on any atom is -0.337 e. The van der Waals surface area contributed by atoms with Crippen LogP contribution < -0.4 is 5.73 Å². The number of carbonyl (C=O) groups excluding carboxylic acids is 1. The van der Waals surface area contributed by atoms with Gasteiger partial charge >= 0.3 is 0 Å². The second kappa shape index (κ2) is 5.02. The number of amides is 1. The molecule has 1 aliphatic rings. The van der Waals surface area contributed by atoms with Gasteiger partial charge in [-0.1, -0.05) is 6.92 Å². The van der Waals surface area contributed by atoms with E-state index in [2.05, 4.69) is 0 Å². The van der Waals surface area contributed by atoms with Crippen LogP contribution in [0, 0.1) is 17.6 Å². The monoisotopic (exact) mass is 254 g/mol. The van der Waals surface area contributed by atoms with Crippen molar-refractivity contribution in [3.8, 4) is 0 Å². The molecule has 0 aromatic heterocycles. The van der Waals surface area contributed by atoms with Crippen molar-refractivity contribution in [2.75, 3.05) is 13.1 Å². The standard InChI is InChI=1S/C13H16F2N2O/c1-8-2-3-17(7-12(8)16)13(18)9-4-10(14)6-11(15)5-9/h4-6,8,12H,2-3,7,16H2,1H3. The average molecular weight is 254 g/mol. The molecule has 1 amide bonds. The lowest BCUT2D eigenvalue weighted by Crippen LogP contribution is -2.49. The van der Waals surface area contributed by atoms with Gasteiger partial charge in [0.1, 0.15) is 11.6 Å². The molecule has 1 heterocycles. The first-order chi connectivity index (χ1) is 8.47. The molecule has 5 heteroatoms. The molecule has 0 radical (unpaired) electrons. The van der Waals surface area contributed by atoms with Crippen molar-refractivity contribution < 1.29 is 13.6 Å². The van der Waals surface area contributed by atoms with Crippen LogP contribution in [0.25, 0.3) is 0 Å². The van der Waals surface area contributed by atoms with Gasteiger partial charge in [-0.25, -0.2) is 8.78 Å². The fourth-order valence-electron chi connectivity index (χ4n) is 2.14. The summed E-state index contributed by atoms with van der Waals surface area (Å²) < 4.78 is 26.1. The molecule has 1 fully saturated rings. The molecular formula is C13H16F2N2O. The molecule has 1 aromatic carbocycles. The van der Waals surface area contributed by atoms with Crippen LogP contribution in [-0.2, 0) is 0 Å². The van der Waals surface area contributed by atoms with E-state index in [4.69, 9.17) is 5.73 Å². The molecule has 98 valence electrons. The summed E-state index contributed by atoms with van der Waals surface area (Å²) in [6.07, 6.45) is 0.810. The van der Waals surface area contributed by atoms with E-state index in [1.165, 1.54) is 0 Å². The van der Waals surface area contributed by atoms with Gasteiger partial charge in [0.15, 0.2) is 0 Å². The zero-order valence-electron chi connectivity index (χ0n) is 10.2. The maximum atomic E-state index is 13.1. The van der Waals surface area contributed by atoms with Crippen LogP contribution in [-0.4, -0.2) is 29.9 Å². The lowest BCUT2D eigenvalue weighted by atomic mass is 9.94. The Hall–Kier alpha value is -1.49. The molecular weight excluding hydrogens is 238 g/mol. The first-order valence-corrected chi connectivity index (χ1v) is 5.98. The molecule has 0 bridgehead atoms. The highest BCUT2D eigenvalue weighted by Crippen LogP contribution is 2.18. The van der Waals surface area contributed by atoms with Crippen LogP contribution in [0.3, 0.4) is 0 Å². The summed E-state index contributed by atoms with van der Waals surface area (Å²) >= 11 is 0. The van der Waals surface area contributed by atoms with E-state index in [9.17, 15) is 13.6 Å². The van der Waals surface area contributed by atoms with Crippen LogP contribution in [0.5, 0.6) is 0 Å². The molecule has 1 aromatic rings. The maximum Gasteiger partial charge on any atom is 0.254 e. The van der Waals surface area contributed by atoms with Crippen molar-refractivity contribution in [2.45, 2.75) is 19.4 Å². The molecule has 1 aliphatic heterocycles. The molecule has 0 saturated carbocycles. The number of likely N-dealkylation sites (tertiary alicyclic amines) is 1. The smallest absolute Gasteiger partial charge is 0.254 e. The molecule has 2 unspecified atom stereocenters. The number of hydrogen-bond acceptors (Lipinski definition) is 2. The summed E-state index contributed by atoms with van der Waals surface area (Å²) in [5, 5.41) is 0. The Bertz CT molecular complexity index is 444. The van der Waals surface area contributed by atoms with E-state index in [1.807, 2.05) is 6.92 Å². The molecule has 1 saturated heterocycles. The third-order valence-electron chi connectivity index (χ3n) is 3.41. The van der Waals surface area contributed by atoms with Crippen molar-refractivity contribution in [1.82, 2.24) is 4.90 Å². The van der Waals surface area contributed by atoms with Crippen molar-refractivity contribution in [3.63, 3.8) is 0 Å².